The first-order chi connectivity index (χ1) is 13.4. The van der Waals surface area contributed by atoms with Gasteiger partial charge >= 0.3 is 0 Å². The van der Waals surface area contributed by atoms with Crippen LogP contribution in [0.2, 0.25) is 0 Å². The summed E-state index contributed by atoms with van der Waals surface area (Å²) in [7, 11) is 0. The van der Waals surface area contributed by atoms with Crippen molar-refractivity contribution in [2.45, 2.75) is 26.9 Å². The minimum atomic E-state index is -0.354. The summed E-state index contributed by atoms with van der Waals surface area (Å²) in [6.45, 7) is 7.79. The van der Waals surface area contributed by atoms with Crippen molar-refractivity contribution in [1.82, 2.24) is 15.6 Å². The third-order valence-corrected chi connectivity index (χ3v) is 4.12. The fourth-order valence-corrected chi connectivity index (χ4v) is 2.36. The Morgan fingerprint density at radius 2 is 1.96 bits per heavy atom. The number of aromatic nitrogens is 1. The number of nitrogens with zero attached hydrogens (tertiary/aromatic N) is 1. The lowest BCUT2D eigenvalue weighted by Gasteiger charge is -2.11. The van der Waals surface area contributed by atoms with E-state index in [1.807, 2.05) is 32.0 Å². The zero-order valence-electron chi connectivity index (χ0n) is 16.1. The van der Waals surface area contributed by atoms with Gasteiger partial charge in [-0.05, 0) is 54.8 Å². The van der Waals surface area contributed by atoms with Crippen LogP contribution in [0.1, 0.15) is 33.6 Å². The van der Waals surface area contributed by atoms with Crippen LogP contribution in [-0.4, -0.2) is 35.1 Å². The van der Waals surface area contributed by atoms with E-state index in [4.69, 9.17) is 9.84 Å². The average molecular weight is 383 g/mol. The number of carbonyl (C=O) groups is 2. The highest BCUT2D eigenvalue weighted by Crippen LogP contribution is 2.16. The van der Waals surface area contributed by atoms with Crippen molar-refractivity contribution in [3.63, 3.8) is 0 Å². The molecule has 7 heteroatoms. The number of aliphatic hydroxyl groups is 1. The van der Waals surface area contributed by atoms with Crippen molar-refractivity contribution in [2.75, 3.05) is 13.2 Å². The van der Waals surface area contributed by atoms with E-state index < -0.39 is 0 Å². The molecule has 1 aromatic heterocycles. The number of nitrogens with one attached hydrogen (secondary N) is 2. The quantitative estimate of drug-likeness (QED) is 0.615. The molecule has 0 saturated heterocycles. The lowest BCUT2D eigenvalue weighted by atomic mass is 10.1. The van der Waals surface area contributed by atoms with E-state index in [0.717, 1.165) is 11.1 Å². The van der Waals surface area contributed by atoms with E-state index in [9.17, 15) is 9.59 Å². The second-order valence-corrected chi connectivity index (χ2v) is 6.40. The van der Waals surface area contributed by atoms with Gasteiger partial charge < -0.3 is 20.5 Å². The summed E-state index contributed by atoms with van der Waals surface area (Å²) in [6, 6.07) is 8.80. The minimum Gasteiger partial charge on any atom is -0.484 e. The number of hydrogen-bond donors (Lipinski definition) is 3. The summed E-state index contributed by atoms with van der Waals surface area (Å²) in [5, 5.41) is 14.4. The maximum absolute atomic E-state index is 12.0. The zero-order valence-corrected chi connectivity index (χ0v) is 16.1. The Balaban J connectivity index is 1.70. The Morgan fingerprint density at radius 1 is 1.18 bits per heavy atom. The summed E-state index contributed by atoms with van der Waals surface area (Å²) >= 11 is 0. The molecule has 2 amide bonds. The Bertz CT molecular complexity index is 864. The highest BCUT2D eigenvalue weighted by atomic mass is 16.5. The van der Waals surface area contributed by atoms with Gasteiger partial charge in [0.05, 0.1) is 6.61 Å². The Kier molecular flexibility index (Phi) is 7.71. The summed E-state index contributed by atoms with van der Waals surface area (Å²) in [6.07, 6.45) is 1.84. The van der Waals surface area contributed by atoms with E-state index in [2.05, 4.69) is 22.2 Å². The number of aryl methyl sites for hydroxylation is 2. The van der Waals surface area contributed by atoms with Crippen molar-refractivity contribution in [1.29, 1.82) is 0 Å². The average Bonchev–Trinajstić information content (AvgIpc) is 2.68. The van der Waals surface area contributed by atoms with Gasteiger partial charge in [-0.15, -0.1) is 0 Å². The molecule has 3 N–H and O–H groups in total. The number of benzene rings is 1. The third kappa shape index (κ3) is 6.51. The smallest absolute Gasteiger partial charge is 0.269 e. The van der Waals surface area contributed by atoms with Crippen LogP contribution in [0.3, 0.4) is 0 Å². The molecule has 0 aliphatic rings. The van der Waals surface area contributed by atoms with Gasteiger partial charge in [0.25, 0.3) is 11.8 Å². The predicted octanol–water partition coefficient (Wildman–Crippen LogP) is 2.02. The van der Waals surface area contributed by atoms with Crippen LogP contribution in [0.4, 0.5) is 0 Å². The molecule has 0 aliphatic carbocycles. The molecule has 2 aromatic rings. The normalized spacial score (nSPS) is 10.2. The predicted molar refractivity (Wildman–Crippen MR) is 106 cm³/mol. The molecule has 148 valence electrons. The van der Waals surface area contributed by atoms with Gasteiger partial charge in [-0.2, -0.15) is 0 Å². The molecule has 1 aromatic carbocycles. The number of rotatable bonds is 9. The van der Waals surface area contributed by atoms with Crippen LogP contribution < -0.4 is 15.4 Å². The number of aliphatic hydroxyl groups excluding tert-OH is 1. The molecule has 0 spiro atoms. The molecule has 7 nitrogen and oxygen atoms in total. The molecule has 0 saturated carbocycles. The SMILES string of the molecule is C=C(CCNC(=O)c1cc(CO)ccn1)NC(=O)COc1ccc(C)c(C)c1. The fourth-order valence-electron chi connectivity index (χ4n) is 2.36. The maximum Gasteiger partial charge on any atom is 0.269 e. The van der Waals surface area contributed by atoms with Gasteiger partial charge in [0.15, 0.2) is 6.61 Å². The van der Waals surface area contributed by atoms with E-state index in [-0.39, 0.29) is 30.7 Å². The van der Waals surface area contributed by atoms with Crippen molar-refractivity contribution < 1.29 is 19.4 Å². The first-order valence-corrected chi connectivity index (χ1v) is 8.90. The van der Waals surface area contributed by atoms with Crippen molar-refractivity contribution in [2.24, 2.45) is 0 Å². The third-order valence-electron chi connectivity index (χ3n) is 4.12. The van der Waals surface area contributed by atoms with Crippen LogP contribution in [0.5, 0.6) is 5.75 Å². The van der Waals surface area contributed by atoms with E-state index in [0.29, 0.717) is 30.0 Å². The minimum absolute atomic E-state index is 0.119. The van der Waals surface area contributed by atoms with Gasteiger partial charge in [-0.1, -0.05) is 12.6 Å². The van der Waals surface area contributed by atoms with Crippen LogP contribution >= 0.6 is 0 Å². The molecule has 0 radical (unpaired) electrons. The number of amides is 2. The van der Waals surface area contributed by atoms with Crippen LogP contribution in [0, 0.1) is 13.8 Å². The Labute approximate surface area is 164 Å². The lowest BCUT2D eigenvalue weighted by molar-refractivity contribution is -0.122. The molecule has 0 aliphatic heterocycles. The van der Waals surface area contributed by atoms with Crippen molar-refractivity contribution in [3.8, 4) is 5.75 Å². The number of ether oxygens (including phenoxy) is 1. The molecule has 1 heterocycles. The van der Waals surface area contributed by atoms with Gasteiger partial charge in [0.2, 0.25) is 0 Å². The summed E-state index contributed by atoms with van der Waals surface area (Å²) < 4.78 is 5.48. The monoisotopic (exact) mass is 383 g/mol. The summed E-state index contributed by atoms with van der Waals surface area (Å²) in [4.78, 5) is 28.0. The molecule has 28 heavy (non-hydrogen) atoms. The largest absolute Gasteiger partial charge is 0.484 e. The second kappa shape index (κ2) is 10.2. The topological polar surface area (TPSA) is 101 Å². The maximum atomic E-state index is 12.0. The highest BCUT2D eigenvalue weighted by Gasteiger charge is 2.09. The molecular formula is C21H25N3O4. The lowest BCUT2D eigenvalue weighted by Crippen LogP contribution is -2.31. The molecular weight excluding hydrogens is 358 g/mol. The van der Waals surface area contributed by atoms with Crippen LogP contribution in [0.25, 0.3) is 0 Å². The Hall–Kier alpha value is -3.19. The van der Waals surface area contributed by atoms with Gasteiger partial charge in [0.1, 0.15) is 11.4 Å². The fraction of sp³-hybridized carbons (Fsp3) is 0.286. The van der Waals surface area contributed by atoms with Crippen LogP contribution in [0.15, 0.2) is 48.8 Å². The van der Waals surface area contributed by atoms with Gasteiger partial charge in [-0.3, -0.25) is 14.6 Å². The zero-order chi connectivity index (χ0) is 20.5. The highest BCUT2D eigenvalue weighted by molar-refractivity contribution is 5.92. The van der Waals surface area contributed by atoms with E-state index >= 15 is 0 Å². The Morgan fingerprint density at radius 3 is 2.68 bits per heavy atom. The standard InChI is InChI=1S/C21H25N3O4/c1-14-4-5-18(10-15(14)2)28-13-20(26)24-16(3)6-8-23-21(27)19-11-17(12-25)7-9-22-19/h4-5,7,9-11,25H,3,6,8,12-13H2,1-2H3,(H,23,27)(H,24,26). The number of pyridine rings is 1. The summed E-state index contributed by atoms with van der Waals surface area (Å²) in [5.41, 5.74) is 3.57. The van der Waals surface area contributed by atoms with E-state index in [1.54, 1.807) is 6.07 Å². The van der Waals surface area contributed by atoms with Crippen molar-refractivity contribution >= 4 is 11.8 Å². The van der Waals surface area contributed by atoms with Crippen molar-refractivity contribution in [3.05, 3.63) is 71.2 Å². The molecule has 0 atom stereocenters. The molecule has 2 rings (SSSR count). The van der Waals surface area contributed by atoms with Gasteiger partial charge in [0, 0.05) is 24.9 Å². The first kappa shape index (κ1) is 21.1. The molecule has 0 unspecified atom stereocenters. The molecule has 0 fully saturated rings. The molecule has 0 bridgehead atoms. The second-order valence-electron chi connectivity index (χ2n) is 6.40. The summed E-state index contributed by atoms with van der Waals surface area (Å²) in [5.74, 6) is -0.0342. The van der Waals surface area contributed by atoms with Gasteiger partial charge in [-0.25, -0.2) is 0 Å². The van der Waals surface area contributed by atoms with Crippen LogP contribution in [-0.2, 0) is 11.4 Å². The number of hydrogen-bond acceptors (Lipinski definition) is 5. The first-order valence-electron chi connectivity index (χ1n) is 8.90. The number of carbonyl (C=O) groups excluding carboxylic acids is 2. The van der Waals surface area contributed by atoms with E-state index in [1.165, 1.54) is 12.3 Å².